The molecule has 190 valence electrons. The fourth-order valence-electron chi connectivity index (χ4n) is 4.63. The van der Waals surface area contributed by atoms with Crippen molar-refractivity contribution in [2.75, 3.05) is 6.54 Å². The van der Waals surface area contributed by atoms with Crippen LogP contribution in [0.4, 0.5) is 0 Å². The topological polar surface area (TPSA) is 157 Å². The number of thiophene rings is 1. The van der Waals surface area contributed by atoms with Gasteiger partial charge in [-0.1, -0.05) is 30.9 Å². The quantitative estimate of drug-likeness (QED) is 0.295. The molecule has 12 heteroatoms. The Bertz CT molecular complexity index is 1060. The van der Waals surface area contributed by atoms with Gasteiger partial charge in [0.15, 0.2) is 5.84 Å². The molecule has 1 aliphatic carbocycles. The Morgan fingerprint density at radius 3 is 2.46 bits per heavy atom. The van der Waals surface area contributed by atoms with E-state index in [0.29, 0.717) is 44.0 Å². The van der Waals surface area contributed by atoms with Crippen LogP contribution in [0.2, 0.25) is 5.02 Å². The summed E-state index contributed by atoms with van der Waals surface area (Å²) in [6.07, 6.45) is 5.84. The van der Waals surface area contributed by atoms with Gasteiger partial charge in [-0.3, -0.25) is 24.7 Å². The van der Waals surface area contributed by atoms with Crippen LogP contribution in [0.25, 0.3) is 0 Å². The van der Waals surface area contributed by atoms with E-state index in [-0.39, 0.29) is 32.6 Å². The number of carbonyl (C=O) groups is 4. The molecule has 1 saturated heterocycles. The SMILES string of the molecule is Cc1c(C(=O)N(C(=O)[C@@H]2CCCN2C(=O)[C@H](C)N)C2CCCCC2)sc(C(=N)N=CC(=O)O)c1Cl. The highest BCUT2D eigenvalue weighted by molar-refractivity contribution is 7.17. The first-order valence-electron chi connectivity index (χ1n) is 11.6. The molecule has 0 radical (unpaired) electrons. The summed E-state index contributed by atoms with van der Waals surface area (Å²) >= 11 is 7.30. The van der Waals surface area contributed by atoms with E-state index in [1.807, 2.05) is 0 Å². The molecule has 10 nitrogen and oxygen atoms in total. The van der Waals surface area contributed by atoms with E-state index in [4.69, 9.17) is 27.9 Å². The number of hydrogen-bond acceptors (Lipinski definition) is 7. The lowest BCUT2D eigenvalue weighted by molar-refractivity contribution is -0.144. The lowest BCUT2D eigenvalue weighted by Crippen LogP contribution is -2.55. The van der Waals surface area contributed by atoms with Gasteiger partial charge in [0.05, 0.1) is 20.8 Å². The summed E-state index contributed by atoms with van der Waals surface area (Å²) in [4.78, 5) is 57.8. The Balaban J connectivity index is 1.98. The molecule has 1 aromatic heterocycles. The smallest absolute Gasteiger partial charge is 0.347 e. The number of hydrogen-bond donors (Lipinski definition) is 3. The van der Waals surface area contributed by atoms with Crippen molar-refractivity contribution < 1.29 is 24.3 Å². The van der Waals surface area contributed by atoms with Gasteiger partial charge in [-0.15, -0.1) is 11.3 Å². The number of carbonyl (C=O) groups excluding carboxylic acids is 3. The maximum absolute atomic E-state index is 13.9. The van der Waals surface area contributed by atoms with Crippen LogP contribution < -0.4 is 5.73 Å². The van der Waals surface area contributed by atoms with Crippen LogP contribution in [0, 0.1) is 12.3 Å². The van der Waals surface area contributed by atoms with E-state index in [1.165, 1.54) is 9.80 Å². The number of nitrogens with zero attached hydrogens (tertiary/aromatic N) is 3. The van der Waals surface area contributed by atoms with Crippen molar-refractivity contribution >= 4 is 58.7 Å². The number of aliphatic carboxylic acids is 1. The highest BCUT2D eigenvalue weighted by atomic mass is 35.5. The van der Waals surface area contributed by atoms with Crippen LogP contribution in [-0.2, 0) is 14.4 Å². The van der Waals surface area contributed by atoms with Crippen LogP contribution in [0.15, 0.2) is 4.99 Å². The molecular weight excluding hydrogens is 494 g/mol. The number of amides is 3. The van der Waals surface area contributed by atoms with E-state index >= 15 is 0 Å². The molecule has 3 amide bonds. The molecule has 0 bridgehead atoms. The van der Waals surface area contributed by atoms with Crippen molar-refractivity contribution in [3.8, 4) is 0 Å². The summed E-state index contributed by atoms with van der Waals surface area (Å²) in [7, 11) is 0. The Labute approximate surface area is 212 Å². The summed E-state index contributed by atoms with van der Waals surface area (Å²) in [6.45, 7) is 3.61. The number of carboxylic acid groups (broad SMARTS) is 1. The van der Waals surface area contributed by atoms with Crippen LogP contribution in [0.1, 0.15) is 72.0 Å². The second kappa shape index (κ2) is 11.4. The zero-order valence-corrected chi connectivity index (χ0v) is 21.3. The molecule has 0 aromatic carbocycles. The van der Waals surface area contributed by atoms with Crippen molar-refractivity contribution in [1.82, 2.24) is 9.80 Å². The van der Waals surface area contributed by atoms with E-state index in [0.717, 1.165) is 30.6 Å². The van der Waals surface area contributed by atoms with Gasteiger partial charge in [0.1, 0.15) is 12.3 Å². The normalized spacial score (nSPS) is 19.7. The number of imide groups is 1. The number of halogens is 1. The molecule has 2 atom stereocenters. The van der Waals surface area contributed by atoms with Crippen molar-refractivity contribution in [3.63, 3.8) is 0 Å². The first-order valence-corrected chi connectivity index (χ1v) is 12.8. The Hall–Kier alpha value is -2.63. The van der Waals surface area contributed by atoms with Crippen LogP contribution in [-0.4, -0.2) is 75.3 Å². The molecule has 4 N–H and O–H groups in total. The van der Waals surface area contributed by atoms with Crippen molar-refractivity contribution in [1.29, 1.82) is 5.41 Å². The van der Waals surface area contributed by atoms with Gasteiger partial charge in [0, 0.05) is 12.6 Å². The van der Waals surface area contributed by atoms with Gasteiger partial charge >= 0.3 is 5.97 Å². The first kappa shape index (κ1) is 27.0. The highest BCUT2D eigenvalue weighted by Gasteiger charge is 2.42. The van der Waals surface area contributed by atoms with E-state index < -0.39 is 29.9 Å². The number of carboxylic acids is 1. The van der Waals surface area contributed by atoms with Gasteiger partial charge in [0.2, 0.25) is 5.91 Å². The Morgan fingerprint density at radius 1 is 1.20 bits per heavy atom. The standard InChI is InChI=1S/C23H30ClN5O5S/c1-12-17(24)19(20(26)27-11-16(30)31)35-18(12)23(34)29(14-7-4-3-5-8-14)22(33)15-9-6-10-28(15)21(32)13(2)25/h11,13-15,26H,3-10,25H2,1-2H3,(H,30,31)/t13-,15-/m0/s1. The van der Waals surface area contributed by atoms with E-state index in [2.05, 4.69) is 4.99 Å². The number of nitrogens with two attached hydrogens (primary N) is 1. The predicted molar refractivity (Wildman–Crippen MR) is 133 cm³/mol. The second-order valence-electron chi connectivity index (χ2n) is 8.93. The average Bonchev–Trinajstić information content (AvgIpc) is 3.43. The molecular formula is C23H30ClN5O5S. The molecule has 35 heavy (non-hydrogen) atoms. The first-order chi connectivity index (χ1) is 16.5. The highest BCUT2D eigenvalue weighted by Crippen LogP contribution is 2.36. The molecule has 0 unspecified atom stereocenters. The molecule has 0 spiro atoms. The van der Waals surface area contributed by atoms with Crippen LogP contribution >= 0.6 is 22.9 Å². The largest absolute Gasteiger partial charge is 0.477 e. The third-order valence-corrected chi connectivity index (χ3v) is 8.26. The summed E-state index contributed by atoms with van der Waals surface area (Å²) in [5, 5.41) is 17.0. The van der Waals surface area contributed by atoms with Crippen molar-refractivity contribution in [2.24, 2.45) is 10.7 Å². The van der Waals surface area contributed by atoms with Gasteiger partial charge in [-0.05, 0) is 45.1 Å². The molecule has 1 saturated carbocycles. The molecule has 2 fully saturated rings. The number of nitrogens with one attached hydrogen (secondary N) is 1. The van der Waals surface area contributed by atoms with E-state index in [1.54, 1.807) is 13.8 Å². The number of likely N-dealkylation sites (tertiary alicyclic amines) is 1. The fourth-order valence-corrected chi connectivity index (χ4v) is 6.02. The van der Waals surface area contributed by atoms with Crippen molar-refractivity contribution in [2.45, 2.75) is 76.9 Å². The Morgan fingerprint density at radius 2 is 1.86 bits per heavy atom. The summed E-state index contributed by atoms with van der Waals surface area (Å²) in [5.41, 5.74) is 6.19. The second-order valence-corrected chi connectivity index (χ2v) is 10.3. The molecule has 1 aromatic rings. The van der Waals surface area contributed by atoms with Crippen LogP contribution in [0.3, 0.4) is 0 Å². The summed E-state index contributed by atoms with van der Waals surface area (Å²) in [5.74, 6) is -2.96. The average molecular weight is 524 g/mol. The maximum Gasteiger partial charge on any atom is 0.347 e. The fraction of sp³-hybridized carbons (Fsp3) is 0.565. The minimum absolute atomic E-state index is 0.122. The predicted octanol–water partition coefficient (Wildman–Crippen LogP) is 2.83. The Kier molecular flexibility index (Phi) is 8.79. The van der Waals surface area contributed by atoms with Gasteiger partial charge in [-0.2, -0.15) is 0 Å². The minimum atomic E-state index is -1.31. The molecule has 2 aliphatic rings. The zero-order valence-electron chi connectivity index (χ0n) is 19.8. The van der Waals surface area contributed by atoms with Crippen LogP contribution in [0.5, 0.6) is 0 Å². The lowest BCUT2D eigenvalue weighted by Gasteiger charge is -2.36. The molecule has 2 heterocycles. The molecule has 3 rings (SSSR count). The minimum Gasteiger partial charge on any atom is -0.477 e. The maximum atomic E-state index is 13.9. The number of rotatable bonds is 6. The summed E-state index contributed by atoms with van der Waals surface area (Å²) in [6, 6.07) is -1.81. The van der Waals surface area contributed by atoms with Gasteiger partial charge in [0.25, 0.3) is 11.8 Å². The van der Waals surface area contributed by atoms with Gasteiger partial charge < -0.3 is 15.7 Å². The zero-order chi connectivity index (χ0) is 25.9. The third-order valence-electron chi connectivity index (χ3n) is 6.39. The number of amidine groups is 1. The number of aliphatic imine (C=N–C) groups is 1. The third kappa shape index (κ3) is 5.79. The van der Waals surface area contributed by atoms with Gasteiger partial charge in [-0.25, -0.2) is 9.79 Å². The van der Waals surface area contributed by atoms with Crippen molar-refractivity contribution in [3.05, 3.63) is 20.3 Å². The summed E-state index contributed by atoms with van der Waals surface area (Å²) < 4.78 is 0. The monoisotopic (exact) mass is 523 g/mol. The lowest BCUT2D eigenvalue weighted by atomic mass is 9.93. The van der Waals surface area contributed by atoms with E-state index in [9.17, 15) is 19.2 Å². The molecule has 1 aliphatic heterocycles.